The van der Waals surface area contributed by atoms with Crippen LogP contribution < -0.4 is 5.32 Å². The van der Waals surface area contributed by atoms with Crippen molar-refractivity contribution in [3.05, 3.63) is 33.4 Å². The molecule has 1 N–H and O–H groups in total. The number of aryl methyl sites for hydroxylation is 3. The smallest absolute Gasteiger partial charge is 0.133 e. The van der Waals surface area contributed by atoms with Gasteiger partial charge in [-0.1, -0.05) is 12.1 Å². The summed E-state index contributed by atoms with van der Waals surface area (Å²) in [6.07, 6.45) is 0.927. The summed E-state index contributed by atoms with van der Waals surface area (Å²) in [5.74, 6) is 0.835. The van der Waals surface area contributed by atoms with Crippen molar-refractivity contribution in [2.45, 2.75) is 33.4 Å². The van der Waals surface area contributed by atoms with Gasteiger partial charge in [-0.15, -0.1) is 0 Å². The van der Waals surface area contributed by atoms with Gasteiger partial charge in [-0.05, 0) is 29.3 Å². The Kier molecular flexibility index (Phi) is 4.19. The molecule has 0 amide bonds. The molecule has 18 heavy (non-hydrogen) atoms. The molecule has 5 nitrogen and oxygen atoms in total. The molecule has 0 spiro atoms. The number of aromatic nitrogens is 3. The number of halogens is 1. The Labute approximate surface area is 115 Å². The van der Waals surface area contributed by atoms with Crippen LogP contribution in [0.5, 0.6) is 0 Å². The lowest BCUT2D eigenvalue weighted by Gasteiger charge is -2.03. The van der Waals surface area contributed by atoms with E-state index in [4.69, 9.17) is 4.52 Å². The Morgan fingerprint density at radius 1 is 1.44 bits per heavy atom. The van der Waals surface area contributed by atoms with Gasteiger partial charge in [-0.3, -0.25) is 4.68 Å². The maximum Gasteiger partial charge on any atom is 0.133 e. The first-order valence-electron chi connectivity index (χ1n) is 5.95. The van der Waals surface area contributed by atoms with E-state index in [0.717, 1.165) is 40.3 Å². The zero-order chi connectivity index (χ0) is 13.1. The monoisotopic (exact) mass is 312 g/mol. The predicted octanol–water partition coefficient (Wildman–Crippen LogP) is 2.33. The van der Waals surface area contributed by atoms with Crippen LogP contribution in [0.2, 0.25) is 0 Å². The molecule has 2 aromatic heterocycles. The van der Waals surface area contributed by atoms with E-state index in [9.17, 15) is 0 Å². The van der Waals surface area contributed by atoms with Crippen LogP contribution in [0, 0.1) is 6.92 Å². The quantitative estimate of drug-likeness (QED) is 0.920. The molecule has 0 saturated carbocycles. The van der Waals surface area contributed by atoms with Crippen LogP contribution in [0.15, 0.2) is 15.1 Å². The van der Waals surface area contributed by atoms with Gasteiger partial charge in [0.2, 0.25) is 0 Å². The topological polar surface area (TPSA) is 55.9 Å². The van der Waals surface area contributed by atoms with E-state index in [-0.39, 0.29) is 0 Å². The zero-order valence-corrected chi connectivity index (χ0v) is 12.4. The second-order valence-electron chi connectivity index (χ2n) is 4.22. The Balaban J connectivity index is 1.96. The normalized spacial score (nSPS) is 11.1. The average Bonchev–Trinajstić information content (AvgIpc) is 2.86. The Hall–Kier alpha value is -1.14. The standard InChI is InChI=1S/C12H17BrN4O/c1-4-10-12(13)11(17(3)15-10)7-14-6-9-5-8(2)18-16-9/h5,14H,4,6-7H2,1-3H3. The molecule has 0 aliphatic heterocycles. The molecule has 0 atom stereocenters. The van der Waals surface area contributed by atoms with Crippen molar-refractivity contribution in [3.63, 3.8) is 0 Å². The third-order valence-electron chi connectivity index (χ3n) is 2.78. The van der Waals surface area contributed by atoms with Crippen LogP contribution in [0.3, 0.4) is 0 Å². The van der Waals surface area contributed by atoms with Gasteiger partial charge in [-0.25, -0.2) is 0 Å². The van der Waals surface area contributed by atoms with Gasteiger partial charge in [0.25, 0.3) is 0 Å². The molecule has 0 fully saturated rings. The third kappa shape index (κ3) is 2.81. The van der Waals surface area contributed by atoms with Crippen molar-refractivity contribution < 1.29 is 4.52 Å². The lowest BCUT2D eigenvalue weighted by atomic mass is 10.3. The number of hydrogen-bond donors (Lipinski definition) is 1. The van der Waals surface area contributed by atoms with Crippen LogP contribution in [0.25, 0.3) is 0 Å². The lowest BCUT2D eigenvalue weighted by Crippen LogP contribution is -2.15. The minimum atomic E-state index is 0.691. The summed E-state index contributed by atoms with van der Waals surface area (Å²) in [7, 11) is 1.96. The number of rotatable bonds is 5. The number of nitrogens with one attached hydrogen (secondary N) is 1. The minimum absolute atomic E-state index is 0.691. The zero-order valence-electron chi connectivity index (χ0n) is 10.8. The van der Waals surface area contributed by atoms with Crippen LogP contribution in [-0.2, 0) is 26.6 Å². The molecule has 0 aliphatic carbocycles. The molecule has 0 aliphatic rings. The minimum Gasteiger partial charge on any atom is -0.361 e. The Morgan fingerprint density at radius 2 is 2.22 bits per heavy atom. The summed E-state index contributed by atoms with van der Waals surface area (Å²) >= 11 is 3.60. The first kappa shape index (κ1) is 13.3. The van der Waals surface area contributed by atoms with Gasteiger partial charge in [0.05, 0.1) is 21.6 Å². The highest BCUT2D eigenvalue weighted by Gasteiger charge is 2.12. The van der Waals surface area contributed by atoms with E-state index in [2.05, 4.69) is 38.4 Å². The lowest BCUT2D eigenvalue weighted by molar-refractivity contribution is 0.388. The van der Waals surface area contributed by atoms with Gasteiger partial charge < -0.3 is 9.84 Å². The largest absolute Gasteiger partial charge is 0.361 e. The Bertz CT molecular complexity index is 532. The maximum absolute atomic E-state index is 5.02. The number of hydrogen-bond acceptors (Lipinski definition) is 4. The fourth-order valence-corrected chi connectivity index (χ4v) is 2.58. The van der Waals surface area contributed by atoms with E-state index in [1.165, 1.54) is 0 Å². The molecule has 2 heterocycles. The van der Waals surface area contributed by atoms with E-state index in [1.807, 2.05) is 24.7 Å². The molecule has 0 aromatic carbocycles. The van der Waals surface area contributed by atoms with Crippen molar-refractivity contribution >= 4 is 15.9 Å². The third-order valence-corrected chi connectivity index (χ3v) is 3.69. The SMILES string of the molecule is CCc1nn(C)c(CNCc2cc(C)on2)c1Br. The summed E-state index contributed by atoms with van der Waals surface area (Å²) in [5.41, 5.74) is 3.15. The summed E-state index contributed by atoms with van der Waals surface area (Å²) in [4.78, 5) is 0. The Morgan fingerprint density at radius 3 is 2.78 bits per heavy atom. The van der Waals surface area contributed by atoms with Crippen LogP contribution in [-0.4, -0.2) is 14.9 Å². The van der Waals surface area contributed by atoms with E-state index in [0.29, 0.717) is 6.54 Å². The highest BCUT2D eigenvalue weighted by molar-refractivity contribution is 9.10. The van der Waals surface area contributed by atoms with E-state index >= 15 is 0 Å². The average molecular weight is 313 g/mol. The van der Waals surface area contributed by atoms with Gasteiger partial charge in [0.1, 0.15) is 5.76 Å². The molecule has 2 aromatic rings. The van der Waals surface area contributed by atoms with Crippen molar-refractivity contribution in [2.75, 3.05) is 0 Å². The molecule has 0 bridgehead atoms. The summed E-state index contributed by atoms with van der Waals surface area (Å²) < 4.78 is 8.02. The molecule has 0 radical (unpaired) electrons. The van der Waals surface area contributed by atoms with Gasteiger partial charge in [0.15, 0.2) is 0 Å². The molecule has 98 valence electrons. The van der Waals surface area contributed by atoms with Crippen molar-refractivity contribution in [3.8, 4) is 0 Å². The van der Waals surface area contributed by atoms with Crippen LogP contribution >= 0.6 is 15.9 Å². The molecular weight excluding hydrogens is 296 g/mol. The molecule has 6 heteroatoms. The van der Waals surface area contributed by atoms with Gasteiger partial charge in [0, 0.05) is 26.2 Å². The van der Waals surface area contributed by atoms with Gasteiger partial charge >= 0.3 is 0 Å². The highest BCUT2D eigenvalue weighted by Crippen LogP contribution is 2.21. The first-order valence-corrected chi connectivity index (χ1v) is 6.74. The summed E-state index contributed by atoms with van der Waals surface area (Å²) in [5, 5.41) is 11.7. The molecule has 2 rings (SSSR count). The molecular formula is C12H17BrN4O. The van der Waals surface area contributed by atoms with Crippen LogP contribution in [0.4, 0.5) is 0 Å². The molecule has 0 saturated heterocycles. The van der Waals surface area contributed by atoms with Crippen molar-refractivity contribution in [1.82, 2.24) is 20.3 Å². The fraction of sp³-hybridized carbons (Fsp3) is 0.500. The maximum atomic E-state index is 5.02. The van der Waals surface area contributed by atoms with Crippen molar-refractivity contribution in [2.24, 2.45) is 7.05 Å². The van der Waals surface area contributed by atoms with E-state index in [1.54, 1.807) is 0 Å². The number of nitrogens with zero attached hydrogens (tertiary/aromatic N) is 3. The summed E-state index contributed by atoms with van der Waals surface area (Å²) in [6, 6.07) is 1.93. The van der Waals surface area contributed by atoms with Crippen LogP contribution in [0.1, 0.15) is 29.8 Å². The van der Waals surface area contributed by atoms with Gasteiger partial charge in [-0.2, -0.15) is 5.10 Å². The second-order valence-corrected chi connectivity index (χ2v) is 5.01. The highest BCUT2D eigenvalue weighted by atomic mass is 79.9. The first-order chi connectivity index (χ1) is 8.61. The van der Waals surface area contributed by atoms with Crippen molar-refractivity contribution in [1.29, 1.82) is 0 Å². The molecule has 0 unspecified atom stereocenters. The second kappa shape index (κ2) is 5.67. The summed E-state index contributed by atoms with van der Waals surface area (Å²) in [6.45, 7) is 5.43. The van der Waals surface area contributed by atoms with E-state index < -0.39 is 0 Å². The predicted molar refractivity (Wildman–Crippen MR) is 72.1 cm³/mol. The fourth-order valence-electron chi connectivity index (χ4n) is 1.82.